The van der Waals surface area contributed by atoms with Gasteiger partial charge in [0, 0.05) is 16.7 Å². The van der Waals surface area contributed by atoms with Gasteiger partial charge in [0.05, 0.1) is 13.1 Å². The van der Waals surface area contributed by atoms with E-state index in [2.05, 4.69) is 16.9 Å². The number of nitrogens with two attached hydrogens (primary N) is 1. The van der Waals surface area contributed by atoms with Crippen molar-refractivity contribution < 1.29 is 0 Å². The van der Waals surface area contributed by atoms with E-state index < -0.39 is 0 Å². The zero-order valence-electron chi connectivity index (χ0n) is 12.1. The number of rotatable bonds is 2. The van der Waals surface area contributed by atoms with Crippen LogP contribution in [-0.4, -0.2) is 16.3 Å². The molecule has 2 rings (SSSR count). The quantitative estimate of drug-likeness (QED) is 0.788. The molecule has 1 aromatic heterocycles. The van der Waals surface area contributed by atoms with Gasteiger partial charge in [-0.15, -0.1) is 0 Å². The van der Waals surface area contributed by atoms with E-state index in [1.165, 1.54) is 4.68 Å². The third-order valence-electron chi connectivity index (χ3n) is 3.38. The van der Waals surface area contributed by atoms with Gasteiger partial charge in [-0.25, -0.2) is 4.68 Å². The molecule has 0 aliphatic heterocycles. The molecule has 3 N–H and O–H groups in total. The van der Waals surface area contributed by atoms with Crippen molar-refractivity contribution in [2.24, 2.45) is 5.73 Å². The smallest absolute Gasteiger partial charge is 0.268 e. The van der Waals surface area contributed by atoms with Crippen molar-refractivity contribution in [1.29, 1.82) is 0 Å². The minimum atomic E-state index is -0.252. The lowest BCUT2D eigenvalue weighted by Crippen LogP contribution is -2.33. The Labute approximate surface area is 122 Å². The second kappa shape index (κ2) is 6.25. The van der Waals surface area contributed by atoms with Crippen molar-refractivity contribution in [2.45, 2.75) is 20.4 Å². The number of aromatic nitrogens is 2. The van der Waals surface area contributed by atoms with Crippen molar-refractivity contribution >= 4 is 0 Å². The van der Waals surface area contributed by atoms with Crippen LogP contribution in [0.3, 0.4) is 0 Å². The molecule has 108 valence electrons. The van der Waals surface area contributed by atoms with E-state index in [0.29, 0.717) is 11.1 Å². The molecule has 0 saturated carbocycles. The minimum absolute atomic E-state index is 0.200. The van der Waals surface area contributed by atoms with Crippen LogP contribution in [0.1, 0.15) is 22.3 Å². The van der Waals surface area contributed by atoms with E-state index >= 15 is 0 Å². The Morgan fingerprint density at radius 3 is 2.62 bits per heavy atom. The molecule has 0 amide bonds. The molecule has 1 heterocycles. The topological polar surface area (TPSA) is 80.9 Å². The van der Waals surface area contributed by atoms with Crippen molar-refractivity contribution in [3.05, 3.63) is 67.2 Å². The molecule has 0 unspecified atom stereocenters. The lowest BCUT2D eigenvalue weighted by atomic mass is 10.1. The first-order valence-corrected chi connectivity index (χ1v) is 6.61. The highest BCUT2D eigenvalue weighted by Crippen LogP contribution is 2.08. The van der Waals surface area contributed by atoms with Gasteiger partial charge in [0.2, 0.25) is 0 Å². The lowest BCUT2D eigenvalue weighted by Gasteiger charge is -2.09. The van der Waals surface area contributed by atoms with Crippen LogP contribution < -0.4 is 16.9 Å². The molecule has 0 spiro atoms. The number of hydrogen-bond acceptors (Lipinski definition) is 3. The van der Waals surface area contributed by atoms with E-state index in [9.17, 15) is 9.59 Å². The number of aromatic amines is 1. The highest BCUT2D eigenvalue weighted by molar-refractivity contribution is 5.41. The van der Waals surface area contributed by atoms with Crippen molar-refractivity contribution in [1.82, 2.24) is 9.78 Å². The van der Waals surface area contributed by atoms with Gasteiger partial charge in [0.1, 0.15) is 0 Å². The van der Waals surface area contributed by atoms with Gasteiger partial charge in [-0.2, -0.15) is 0 Å². The molecule has 5 nitrogen and oxygen atoms in total. The molecule has 0 bridgehead atoms. The summed E-state index contributed by atoms with van der Waals surface area (Å²) >= 11 is 0. The van der Waals surface area contributed by atoms with Crippen LogP contribution in [-0.2, 0) is 6.54 Å². The first-order valence-electron chi connectivity index (χ1n) is 6.61. The molecule has 0 aliphatic rings. The lowest BCUT2D eigenvalue weighted by molar-refractivity contribution is 0.617. The molecule has 0 radical (unpaired) electrons. The first kappa shape index (κ1) is 14.8. The largest absolute Gasteiger partial charge is 0.320 e. The summed E-state index contributed by atoms with van der Waals surface area (Å²) < 4.78 is 1.31. The number of hydrogen-bond donors (Lipinski definition) is 2. The molecule has 0 saturated heterocycles. The molecule has 5 heteroatoms. The van der Waals surface area contributed by atoms with Crippen LogP contribution in [0, 0.1) is 25.7 Å². The monoisotopic (exact) mass is 283 g/mol. The molecular weight excluding hydrogens is 266 g/mol. The van der Waals surface area contributed by atoms with Crippen LogP contribution in [0.15, 0.2) is 33.9 Å². The van der Waals surface area contributed by atoms with E-state index in [1.54, 1.807) is 13.8 Å². The molecule has 2 aromatic rings. The molecular formula is C16H17N3O2. The van der Waals surface area contributed by atoms with Crippen molar-refractivity contribution in [2.75, 3.05) is 6.54 Å². The third kappa shape index (κ3) is 3.12. The molecule has 1 aromatic carbocycles. The zero-order chi connectivity index (χ0) is 15.4. The number of benzene rings is 1. The summed E-state index contributed by atoms with van der Waals surface area (Å²) in [4.78, 5) is 24.0. The molecule has 0 fully saturated rings. The summed E-state index contributed by atoms with van der Waals surface area (Å²) in [5.41, 5.74) is 7.50. The average Bonchev–Trinajstić information content (AvgIpc) is 2.49. The van der Waals surface area contributed by atoms with Gasteiger partial charge in [0.15, 0.2) is 0 Å². The summed E-state index contributed by atoms with van der Waals surface area (Å²) in [5, 5.41) is 2.59. The fourth-order valence-electron chi connectivity index (χ4n) is 2.00. The maximum atomic E-state index is 12.2. The fraction of sp³-hybridized carbons (Fsp3) is 0.250. The summed E-state index contributed by atoms with van der Waals surface area (Å²) in [6.45, 7) is 3.84. The Kier molecular flexibility index (Phi) is 4.41. The normalized spacial score (nSPS) is 10.0. The van der Waals surface area contributed by atoms with Crippen LogP contribution in [0.2, 0.25) is 0 Å². The van der Waals surface area contributed by atoms with Gasteiger partial charge in [-0.3, -0.25) is 14.7 Å². The summed E-state index contributed by atoms with van der Waals surface area (Å²) in [5.74, 6) is 5.77. The Balaban J connectivity index is 2.49. The third-order valence-corrected chi connectivity index (χ3v) is 3.38. The van der Waals surface area contributed by atoms with E-state index in [4.69, 9.17) is 5.73 Å². The summed E-state index contributed by atoms with van der Waals surface area (Å²) in [7, 11) is 0. The molecule has 0 aliphatic carbocycles. The maximum Gasteiger partial charge on any atom is 0.268 e. The highest BCUT2D eigenvalue weighted by Gasteiger charge is 2.08. The van der Waals surface area contributed by atoms with E-state index in [1.807, 2.05) is 24.3 Å². The van der Waals surface area contributed by atoms with Gasteiger partial charge in [-0.05, 0) is 25.5 Å². The average molecular weight is 283 g/mol. The number of nitrogens with one attached hydrogen (secondary N) is 1. The second-order valence-electron chi connectivity index (χ2n) is 4.75. The van der Waals surface area contributed by atoms with Gasteiger partial charge in [0.25, 0.3) is 11.1 Å². The van der Waals surface area contributed by atoms with Crippen molar-refractivity contribution in [3.8, 4) is 11.8 Å². The van der Waals surface area contributed by atoms with E-state index in [0.717, 1.165) is 11.1 Å². The maximum absolute atomic E-state index is 12.2. The van der Waals surface area contributed by atoms with Gasteiger partial charge in [-0.1, -0.05) is 30.0 Å². The first-order chi connectivity index (χ1) is 10.0. The Morgan fingerprint density at radius 1 is 1.19 bits per heavy atom. The van der Waals surface area contributed by atoms with Crippen LogP contribution in [0.5, 0.6) is 0 Å². The minimum Gasteiger partial charge on any atom is -0.320 e. The molecule has 0 atom stereocenters. The summed E-state index contributed by atoms with van der Waals surface area (Å²) in [6, 6.07) is 7.48. The number of nitrogens with zero attached hydrogens (tertiary/aromatic N) is 1. The number of H-pyrrole nitrogens is 1. The Hall–Kier alpha value is -2.58. The van der Waals surface area contributed by atoms with Crippen LogP contribution >= 0.6 is 0 Å². The summed E-state index contributed by atoms with van der Waals surface area (Å²) in [6.07, 6.45) is 0. The zero-order valence-corrected chi connectivity index (χ0v) is 12.1. The highest BCUT2D eigenvalue weighted by atomic mass is 16.2. The van der Waals surface area contributed by atoms with Crippen molar-refractivity contribution in [3.63, 3.8) is 0 Å². The van der Waals surface area contributed by atoms with Gasteiger partial charge >= 0.3 is 0 Å². The van der Waals surface area contributed by atoms with Gasteiger partial charge < -0.3 is 5.73 Å². The van der Waals surface area contributed by atoms with Crippen LogP contribution in [0.25, 0.3) is 0 Å². The predicted molar refractivity (Wildman–Crippen MR) is 82.3 cm³/mol. The van der Waals surface area contributed by atoms with E-state index in [-0.39, 0.29) is 24.2 Å². The van der Waals surface area contributed by atoms with Crippen LogP contribution in [0.4, 0.5) is 0 Å². The SMILES string of the molecule is Cc1c(C)c(=O)n(Cc2ccccc2C#CCN)[nH]c1=O. The Morgan fingerprint density at radius 2 is 1.90 bits per heavy atom. The Bertz CT molecular complexity index is 835. The second-order valence-corrected chi connectivity index (χ2v) is 4.75. The fourth-order valence-corrected chi connectivity index (χ4v) is 2.00. The predicted octanol–water partition coefficient (Wildman–Crippen LogP) is 0.512. The standard InChI is InChI=1S/C16H17N3O2/c1-11-12(2)16(21)19(18-15(11)20)10-14-7-4-3-6-13(14)8-5-9-17/h3-4,6-7H,9-10,17H2,1-2H3,(H,18,20). The molecule has 21 heavy (non-hydrogen) atoms.